The van der Waals surface area contributed by atoms with E-state index in [-0.39, 0.29) is 46.6 Å². The molecule has 2 aromatic rings. The van der Waals surface area contributed by atoms with Crippen LogP contribution in [0.1, 0.15) is 114 Å². The molecule has 1 aliphatic carbocycles. The Bertz CT molecular complexity index is 1480. The number of rotatable bonds is 10. The van der Waals surface area contributed by atoms with Crippen LogP contribution in [-0.2, 0) is 9.59 Å². The maximum atomic E-state index is 14.5. The Labute approximate surface area is 271 Å². The third kappa shape index (κ3) is 8.26. The number of Topliss-reactive ketones (excluding diaryl/α,β-unsaturated/α-hetero) is 1. The van der Waals surface area contributed by atoms with Crippen molar-refractivity contribution >= 4 is 41.2 Å². The lowest BCUT2D eigenvalue weighted by atomic mass is 9.69. The average Bonchev–Trinajstić information content (AvgIpc) is 3.23. The van der Waals surface area contributed by atoms with E-state index in [1.54, 1.807) is 18.2 Å². The summed E-state index contributed by atoms with van der Waals surface area (Å²) in [6, 6.07) is 11.3. The molecule has 7 nitrogen and oxygen atoms in total. The van der Waals surface area contributed by atoms with Crippen molar-refractivity contribution < 1.29 is 23.9 Å². The van der Waals surface area contributed by atoms with Crippen molar-refractivity contribution in [2.75, 3.05) is 6.54 Å². The molecule has 242 valence electrons. The van der Waals surface area contributed by atoms with Gasteiger partial charge in [-0.15, -0.1) is 0 Å². The van der Waals surface area contributed by atoms with Gasteiger partial charge in [0.05, 0.1) is 23.7 Å². The van der Waals surface area contributed by atoms with Gasteiger partial charge in [0, 0.05) is 17.7 Å². The van der Waals surface area contributed by atoms with Crippen molar-refractivity contribution in [3.05, 3.63) is 70.0 Å². The Morgan fingerprint density at radius 1 is 1.11 bits per heavy atom. The predicted molar refractivity (Wildman–Crippen MR) is 177 cm³/mol. The van der Waals surface area contributed by atoms with Crippen LogP contribution in [0, 0.1) is 22.6 Å². The summed E-state index contributed by atoms with van der Waals surface area (Å²) in [6.07, 6.45) is 5.84. The molecule has 1 spiro atoms. The Balaban J connectivity index is 1.73. The minimum Gasteiger partial charge on any atom is -0.481 e. The Kier molecular flexibility index (Phi) is 10.4. The second-order valence-corrected chi connectivity index (χ2v) is 15.1. The van der Waals surface area contributed by atoms with Crippen LogP contribution in [0.4, 0.5) is 4.39 Å². The average molecular weight is 638 g/mol. The number of aliphatic imine (C=N–C) groups is 2. The molecule has 4 rings (SSSR count). The van der Waals surface area contributed by atoms with E-state index in [2.05, 4.69) is 46.5 Å². The van der Waals surface area contributed by atoms with E-state index >= 15 is 0 Å². The summed E-state index contributed by atoms with van der Waals surface area (Å²) >= 11 is 6.16. The highest BCUT2D eigenvalue weighted by Gasteiger charge is 2.52. The highest BCUT2D eigenvalue weighted by Crippen LogP contribution is 2.50. The molecule has 1 N–H and O–H groups in total. The number of ketones is 1. The lowest BCUT2D eigenvalue weighted by Crippen LogP contribution is -2.51. The number of halogens is 2. The maximum absolute atomic E-state index is 14.5. The molecule has 1 aliphatic heterocycles. The minimum atomic E-state index is -0.971. The van der Waals surface area contributed by atoms with Crippen LogP contribution in [0.15, 0.2) is 52.4 Å². The molecular formula is C36H45ClFN3O4. The van der Waals surface area contributed by atoms with E-state index in [1.807, 2.05) is 17.0 Å². The first-order chi connectivity index (χ1) is 21.0. The van der Waals surface area contributed by atoms with Gasteiger partial charge in [-0.05, 0) is 79.0 Å². The van der Waals surface area contributed by atoms with Crippen LogP contribution < -0.4 is 0 Å². The summed E-state index contributed by atoms with van der Waals surface area (Å²) in [4.78, 5) is 49.1. The van der Waals surface area contributed by atoms with Crippen molar-refractivity contribution in [2.24, 2.45) is 26.7 Å². The number of aliphatic carboxylic acids is 1. The second-order valence-electron chi connectivity index (χ2n) is 14.7. The summed E-state index contributed by atoms with van der Waals surface area (Å²) < 4.78 is 14.1. The first kappa shape index (κ1) is 34.5. The standard InChI is InChI=1S/C36H45ClFN3O4/c1-34(2,3)17-15-29(23-7-9-24(10-8-23)30(42)22-39-20-16-31(43)44)41-33(45)32(25-11-12-28(38)27(37)21-25)40-36(41)18-13-26(14-19-36)35(4,5)6/h7-12,21-22,26,29H,13-20H2,1-6H3,(H,43,44). The number of carboxylic acid groups (broad SMARTS) is 1. The van der Waals surface area contributed by atoms with Crippen molar-refractivity contribution in [2.45, 2.75) is 98.2 Å². The van der Waals surface area contributed by atoms with Crippen molar-refractivity contribution in [3.63, 3.8) is 0 Å². The molecule has 0 saturated heterocycles. The van der Waals surface area contributed by atoms with Gasteiger partial charge in [-0.3, -0.25) is 24.4 Å². The van der Waals surface area contributed by atoms with Crippen LogP contribution in [-0.4, -0.2) is 51.8 Å². The van der Waals surface area contributed by atoms with E-state index in [0.717, 1.165) is 31.0 Å². The molecule has 1 fully saturated rings. The molecule has 1 heterocycles. The molecule has 1 amide bonds. The zero-order valence-electron chi connectivity index (χ0n) is 27.2. The lowest BCUT2D eigenvalue weighted by molar-refractivity contribution is -0.137. The summed E-state index contributed by atoms with van der Waals surface area (Å²) in [7, 11) is 0. The van der Waals surface area contributed by atoms with Gasteiger partial charge in [0.2, 0.25) is 5.78 Å². The second kappa shape index (κ2) is 13.5. The van der Waals surface area contributed by atoms with Gasteiger partial charge in [0.15, 0.2) is 0 Å². The highest BCUT2D eigenvalue weighted by molar-refractivity contribution is 6.47. The van der Waals surface area contributed by atoms with E-state index in [9.17, 15) is 18.8 Å². The molecule has 1 saturated carbocycles. The lowest BCUT2D eigenvalue weighted by Gasteiger charge is -2.47. The third-order valence-corrected chi connectivity index (χ3v) is 9.41. The molecule has 0 radical (unpaired) electrons. The number of carboxylic acids is 1. The highest BCUT2D eigenvalue weighted by atomic mass is 35.5. The predicted octanol–water partition coefficient (Wildman–Crippen LogP) is 8.34. The molecule has 0 aromatic heterocycles. The largest absolute Gasteiger partial charge is 0.481 e. The minimum absolute atomic E-state index is 0.00850. The van der Waals surface area contributed by atoms with Gasteiger partial charge in [-0.1, -0.05) is 77.4 Å². The Hall–Kier alpha value is -3.39. The van der Waals surface area contributed by atoms with Crippen LogP contribution >= 0.6 is 11.6 Å². The monoisotopic (exact) mass is 637 g/mol. The summed E-state index contributed by atoms with van der Waals surface area (Å²) in [6.45, 7) is 13.3. The summed E-state index contributed by atoms with van der Waals surface area (Å²) in [5, 5.41) is 8.76. The van der Waals surface area contributed by atoms with Gasteiger partial charge < -0.3 is 10.0 Å². The first-order valence-electron chi connectivity index (χ1n) is 15.8. The first-order valence-corrected chi connectivity index (χ1v) is 16.1. The fourth-order valence-corrected chi connectivity index (χ4v) is 6.62. The normalized spacial score (nSPS) is 21.4. The molecule has 0 bridgehead atoms. The number of carbonyl (C=O) groups is 3. The molecule has 2 aliphatic rings. The number of nitrogens with zero attached hydrogens (tertiary/aromatic N) is 3. The molecule has 1 unspecified atom stereocenters. The van der Waals surface area contributed by atoms with E-state index < -0.39 is 17.4 Å². The van der Waals surface area contributed by atoms with Crippen molar-refractivity contribution in [1.29, 1.82) is 0 Å². The molecular weight excluding hydrogens is 593 g/mol. The van der Waals surface area contributed by atoms with E-state index in [1.165, 1.54) is 12.1 Å². The van der Waals surface area contributed by atoms with Crippen LogP contribution in [0.25, 0.3) is 0 Å². The summed E-state index contributed by atoms with van der Waals surface area (Å²) in [5.74, 6) is -1.54. The van der Waals surface area contributed by atoms with Gasteiger partial charge in [0.25, 0.3) is 5.91 Å². The van der Waals surface area contributed by atoms with Gasteiger partial charge in [-0.2, -0.15) is 0 Å². The van der Waals surface area contributed by atoms with Crippen LogP contribution in [0.5, 0.6) is 0 Å². The zero-order chi connectivity index (χ0) is 33.2. The van der Waals surface area contributed by atoms with E-state index in [0.29, 0.717) is 42.0 Å². The van der Waals surface area contributed by atoms with Crippen LogP contribution in [0.3, 0.4) is 0 Å². The zero-order valence-corrected chi connectivity index (χ0v) is 28.0. The third-order valence-electron chi connectivity index (χ3n) is 9.12. The van der Waals surface area contributed by atoms with Crippen LogP contribution in [0.2, 0.25) is 5.02 Å². The fraction of sp³-hybridized carbons (Fsp3) is 0.528. The number of hydrogen-bond donors (Lipinski definition) is 1. The molecule has 1 atom stereocenters. The number of amides is 1. The summed E-state index contributed by atoms with van der Waals surface area (Å²) in [5.41, 5.74) is 1.53. The van der Waals surface area contributed by atoms with Crippen molar-refractivity contribution in [3.8, 4) is 0 Å². The number of carbonyl (C=O) groups excluding carboxylic acids is 2. The fourth-order valence-electron chi connectivity index (χ4n) is 6.44. The Morgan fingerprint density at radius 2 is 1.76 bits per heavy atom. The van der Waals surface area contributed by atoms with Crippen molar-refractivity contribution in [1.82, 2.24) is 4.90 Å². The van der Waals surface area contributed by atoms with Gasteiger partial charge >= 0.3 is 5.97 Å². The topological polar surface area (TPSA) is 99.4 Å². The Morgan fingerprint density at radius 3 is 2.31 bits per heavy atom. The van der Waals surface area contributed by atoms with Gasteiger partial charge in [0.1, 0.15) is 17.2 Å². The van der Waals surface area contributed by atoms with Gasteiger partial charge in [-0.25, -0.2) is 4.39 Å². The molecule has 9 heteroatoms. The molecule has 2 aromatic carbocycles. The quantitative estimate of drug-likeness (QED) is 0.209. The SMILES string of the molecule is CC(C)(C)CCC(c1ccc(C(=O)C=NCCC(=O)O)cc1)N1C(=O)C(c2ccc(F)c(Cl)c2)=NC12CCC(C(C)(C)C)CC2. The smallest absolute Gasteiger partial charge is 0.305 e. The van der Waals surface area contributed by atoms with E-state index in [4.69, 9.17) is 21.7 Å². The maximum Gasteiger partial charge on any atom is 0.305 e. The number of hydrogen-bond acceptors (Lipinski definition) is 5. The molecule has 45 heavy (non-hydrogen) atoms. The number of benzene rings is 2.